The Morgan fingerprint density at radius 1 is 1.25 bits per heavy atom. The number of anilines is 4. The number of nitrogen functional groups attached to an aromatic ring is 2. The van der Waals surface area contributed by atoms with Crippen LogP contribution in [-0.4, -0.2) is 23.6 Å². The van der Waals surface area contributed by atoms with Crippen molar-refractivity contribution in [1.29, 1.82) is 0 Å². The van der Waals surface area contributed by atoms with E-state index in [2.05, 4.69) is 25.9 Å². The fourth-order valence-corrected chi connectivity index (χ4v) is 2.43. The molecule has 8 nitrogen and oxygen atoms in total. The first-order valence-corrected chi connectivity index (χ1v) is 8.93. The average Bonchev–Trinajstić information content (AvgIpc) is 2.68. The van der Waals surface area contributed by atoms with Crippen LogP contribution in [0.2, 0.25) is 0 Å². The summed E-state index contributed by atoms with van der Waals surface area (Å²) in [5, 5.41) is 9.46. The molecule has 2 aromatic rings. The number of aromatic nitrogens is 2. The van der Waals surface area contributed by atoms with E-state index >= 15 is 0 Å². The summed E-state index contributed by atoms with van der Waals surface area (Å²) in [5.41, 5.74) is 21.4. The van der Waals surface area contributed by atoms with Crippen molar-refractivity contribution < 1.29 is 0 Å². The Morgan fingerprint density at radius 3 is 2.79 bits per heavy atom. The lowest BCUT2D eigenvalue weighted by molar-refractivity contribution is 0.586. The number of benzene rings is 1. The molecule has 0 amide bonds. The zero-order valence-corrected chi connectivity index (χ0v) is 16.2. The van der Waals surface area contributed by atoms with E-state index in [9.17, 15) is 0 Å². The van der Waals surface area contributed by atoms with Crippen LogP contribution in [0.1, 0.15) is 18.7 Å². The van der Waals surface area contributed by atoms with Gasteiger partial charge in [-0.25, -0.2) is 4.98 Å². The lowest BCUT2D eigenvalue weighted by Gasteiger charge is -2.18. The number of nitrogens with one attached hydrogen (secondary N) is 3. The average molecular weight is 381 g/mol. The molecule has 0 aliphatic rings. The van der Waals surface area contributed by atoms with Crippen molar-refractivity contribution in [2.24, 2.45) is 5.73 Å². The highest BCUT2D eigenvalue weighted by Crippen LogP contribution is 2.24. The van der Waals surface area contributed by atoms with Crippen molar-refractivity contribution in [2.75, 3.05) is 30.4 Å². The molecule has 148 valence electrons. The molecule has 1 unspecified atom stereocenters. The van der Waals surface area contributed by atoms with Crippen molar-refractivity contribution in [1.82, 2.24) is 20.6 Å². The van der Waals surface area contributed by atoms with Crippen LogP contribution in [0.5, 0.6) is 0 Å². The SMILES string of the molecule is C\C=C/C=C(\C=C\NC)CNC(N)c1cc(Nc2ccnc(N)n2)ccc1N. The van der Waals surface area contributed by atoms with E-state index in [4.69, 9.17) is 17.2 Å². The Bertz CT molecular complexity index is 857. The van der Waals surface area contributed by atoms with Crippen molar-refractivity contribution in [3.8, 4) is 0 Å². The van der Waals surface area contributed by atoms with Crippen LogP contribution in [0.3, 0.4) is 0 Å². The maximum absolute atomic E-state index is 6.34. The molecule has 0 spiro atoms. The lowest BCUT2D eigenvalue weighted by Crippen LogP contribution is -2.30. The first-order chi connectivity index (χ1) is 13.5. The van der Waals surface area contributed by atoms with Gasteiger partial charge in [-0.15, -0.1) is 0 Å². The van der Waals surface area contributed by atoms with E-state index in [1.807, 2.05) is 56.6 Å². The molecule has 1 atom stereocenters. The summed E-state index contributed by atoms with van der Waals surface area (Å²) >= 11 is 0. The first-order valence-electron chi connectivity index (χ1n) is 8.93. The van der Waals surface area contributed by atoms with Gasteiger partial charge in [0.15, 0.2) is 0 Å². The fraction of sp³-hybridized carbons (Fsp3) is 0.200. The second-order valence-corrected chi connectivity index (χ2v) is 6.02. The number of nitrogens with two attached hydrogens (primary N) is 3. The molecule has 0 bridgehead atoms. The predicted octanol–water partition coefficient (Wildman–Crippen LogP) is 2.17. The number of allylic oxidation sites excluding steroid dienone is 3. The van der Waals surface area contributed by atoms with Gasteiger partial charge in [0.25, 0.3) is 0 Å². The molecule has 0 aliphatic carbocycles. The minimum absolute atomic E-state index is 0.203. The Balaban J connectivity index is 2.11. The molecule has 8 heteroatoms. The monoisotopic (exact) mass is 380 g/mol. The Hall–Kier alpha value is -3.36. The maximum atomic E-state index is 6.34. The minimum Gasteiger partial charge on any atom is -0.398 e. The van der Waals surface area contributed by atoms with Gasteiger partial charge in [-0.3, -0.25) is 5.32 Å². The second-order valence-electron chi connectivity index (χ2n) is 6.02. The molecule has 9 N–H and O–H groups in total. The molecule has 1 heterocycles. The van der Waals surface area contributed by atoms with Crippen LogP contribution < -0.4 is 33.2 Å². The quantitative estimate of drug-likeness (QED) is 0.221. The van der Waals surface area contributed by atoms with Crippen LogP contribution in [0.15, 0.2) is 66.5 Å². The molecule has 0 aliphatic heterocycles. The summed E-state index contributed by atoms with van der Waals surface area (Å²) in [4.78, 5) is 8.01. The molecule has 0 saturated heterocycles. The van der Waals surface area contributed by atoms with Crippen molar-refractivity contribution in [3.05, 3.63) is 72.1 Å². The molecule has 0 saturated carbocycles. The van der Waals surface area contributed by atoms with Gasteiger partial charge in [0.1, 0.15) is 5.82 Å². The summed E-state index contributed by atoms with van der Waals surface area (Å²) < 4.78 is 0. The van der Waals surface area contributed by atoms with E-state index < -0.39 is 6.17 Å². The van der Waals surface area contributed by atoms with Gasteiger partial charge in [0.05, 0.1) is 6.17 Å². The number of rotatable bonds is 9. The van der Waals surface area contributed by atoms with E-state index in [1.165, 1.54) is 0 Å². The molecule has 2 rings (SSSR count). The molecule has 0 radical (unpaired) electrons. The fourth-order valence-electron chi connectivity index (χ4n) is 2.43. The van der Waals surface area contributed by atoms with Gasteiger partial charge in [-0.2, -0.15) is 4.98 Å². The summed E-state index contributed by atoms with van der Waals surface area (Å²) in [6.07, 6.45) is 11.0. The molecule has 1 aromatic heterocycles. The largest absolute Gasteiger partial charge is 0.398 e. The first kappa shape index (κ1) is 20.9. The standard InChI is InChI=1S/C20H28N8/c1-3-4-5-14(8-10-24-2)13-26-19(22)16-12-15(6-7-17(16)21)27-18-9-11-25-20(23)28-18/h3-12,19,24,26H,13,21-22H2,1-2H3,(H3,23,25,27,28)/b4-3-,10-8+,14-5+. The zero-order valence-electron chi connectivity index (χ0n) is 16.2. The third kappa shape index (κ3) is 6.42. The number of nitrogens with zero attached hydrogens (tertiary/aromatic N) is 2. The predicted molar refractivity (Wildman–Crippen MR) is 117 cm³/mol. The van der Waals surface area contributed by atoms with Gasteiger partial charge in [0, 0.05) is 36.7 Å². The van der Waals surface area contributed by atoms with Gasteiger partial charge in [-0.1, -0.05) is 18.2 Å². The van der Waals surface area contributed by atoms with E-state index in [0.717, 1.165) is 16.8 Å². The number of hydrogen-bond acceptors (Lipinski definition) is 8. The molecule has 28 heavy (non-hydrogen) atoms. The third-order valence-electron chi connectivity index (χ3n) is 3.86. The van der Waals surface area contributed by atoms with Crippen molar-refractivity contribution in [2.45, 2.75) is 13.1 Å². The zero-order chi connectivity index (χ0) is 20.4. The van der Waals surface area contributed by atoms with Crippen LogP contribution >= 0.6 is 0 Å². The Kier molecular flexibility index (Phi) is 8.01. The summed E-state index contributed by atoms with van der Waals surface area (Å²) in [6, 6.07) is 7.29. The summed E-state index contributed by atoms with van der Waals surface area (Å²) in [5.74, 6) is 0.799. The molecular weight excluding hydrogens is 352 g/mol. The Labute approximate surface area is 165 Å². The van der Waals surface area contributed by atoms with Gasteiger partial charge in [-0.05, 0) is 49.0 Å². The highest BCUT2D eigenvalue weighted by atomic mass is 15.1. The molecule has 0 fully saturated rings. The second kappa shape index (κ2) is 10.7. The molecular formula is C20H28N8. The normalized spacial score (nSPS) is 13.2. The van der Waals surface area contributed by atoms with Gasteiger partial charge < -0.3 is 27.8 Å². The number of hydrogen-bond donors (Lipinski definition) is 6. The van der Waals surface area contributed by atoms with E-state index in [-0.39, 0.29) is 5.95 Å². The Morgan fingerprint density at radius 2 is 2.07 bits per heavy atom. The summed E-state index contributed by atoms with van der Waals surface area (Å²) in [6.45, 7) is 2.56. The summed E-state index contributed by atoms with van der Waals surface area (Å²) in [7, 11) is 1.85. The smallest absolute Gasteiger partial charge is 0.221 e. The van der Waals surface area contributed by atoms with Crippen LogP contribution in [-0.2, 0) is 0 Å². The van der Waals surface area contributed by atoms with Gasteiger partial charge in [0.2, 0.25) is 5.95 Å². The van der Waals surface area contributed by atoms with Crippen molar-refractivity contribution in [3.63, 3.8) is 0 Å². The van der Waals surface area contributed by atoms with Crippen LogP contribution in [0, 0.1) is 0 Å². The van der Waals surface area contributed by atoms with E-state index in [1.54, 1.807) is 18.3 Å². The van der Waals surface area contributed by atoms with Crippen LogP contribution in [0.4, 0.5) is 23.1 Å². The highest BCUT2D eigenvalue weighted by molar-refractivity contribution is 5.63. The maximum Gasteiger partial charge on any atom is 0.221 e. The lowest BCUT2D eigenvalue weighted by atomic mass is 10.1. The van der Waals surface area contributed by atoms with Gasteiger partial charge >= 0.3 is 0 Å². The highest BCUT2D eigenvalue weighted by Gasteiger charge is 2.11. The van der Waals surface area contributed by atoms with E-state index in [0.29, 0.717) is 18.1 Å². The minimum atomic E-state index is -0.436. The molecule has 1 aromatic carbocycles. The van der Waals surface area contributed by atoms with Crippen molar-refractivity contribution >= 4 is 23.1 Å². The third-order valence-corrected chi connectivity index (χ3v) is 3.86. The topological polar surface area (TPSA) is 140 Å². The van der Waals surface area contributed by atoms with Crippen LogP contribution in [0.25, 0.3) is 0 Å².